The fourth-order valence-corrected chi connectivity index (χ4v) is 7.31. The van der Waals surface area contributed by atoms with Gasteiger partial charge < -0.3 is 20.1 Å². The highest BCUT2D eigenvalue weighted by atomic mass is 31.2. The van der Waals surface area contributed by atoms with Gasteiger partial charge in [0.1, 0.15) is 6.10 Å². The summed E-state index contributed by atoms with van der Waals surface area (Å²) in [5.74, 6) is -0.346. The third-order valence-electron chi connectivity index (χ3n) is 10.1. The van der Waals surface area contributed by atoms with Crippen LogP contribution in [0.4, 0.5) is 0 Å². The summed E-state index contributed by atoms with van der Waals surface area (Å²) in [5.41, 5.74) is 5.38. The number of carbonyl (C=O) groups is 1. The van der Waals surface area contributed by atoms with Crippen molar-refractivity contribution < 1.29 is 32.8 Å². The Bertz CT molecular complexity index is 1150. The average molecular weight is 862 g/mol. The fraction of sp³-hybridized carbons (Fsp3) is 0.745. The maximum atomic E-state index is 12.6. The SMILES string of the molecule is CC/C=C\C/C=C\C/C=C\C/C=C\CCCCCCCCC(=O)OC(COCCCCCCCCCCCC/C=C\C/C=C\CCCCCCC)COP(=O)(O)OCCN. The fourth-order valence-electron chi connectivity index (χ4n) is 6.55. The Kier molecular flexibility index (Phi) is 46.3. The highest BCUT2D eigenvalue weighted by Crippen LogP contribution is 2.43. The second-order valence-electron chi connectivity index (χ2n) is 15.9. The number of unbranched alkanes of at least 4 members (excludes halogenated alkanes) is 21. The molecule has 0 heterocycles. The molecule has 0 aromatic rings. The molecule has 9 heteroatoms. The monoisotopic (exact) mass is 862 g/mol. The molecular weight excluding hydrogens is 770 g/mol. The Morgan fingerprint density at radius 1 is 0.517 bits per heavy atom. The number of esters is 1. The number of ether oxygens (including phenoxy) is 2. The van der Waals surface area contributed by atoms with Crippen LogP contribution in [0, 0.1) is 0 Å². The Balaban J connectivity index is 4.01. The van der Waals surface area contributed by atoms with Crippen LogP contribution < -0.4 is 5.73 Å². The molecule has 2 atom stereocenters. The summed E-state index contributed by atoms with van der Waals surface area (Å²) in [7, 11) is -4.29. The number of phosphoric ester groups is 1. The topological polar surface area (TPSA) is 117 Å². The van der Waals surface area contributed by atoms with E-state index >= 15 is 0 Å². The van der Waals surface area contributed by atoms with Crippen LogP contribution >= 0.6 is 7.82 Å². The van der Waals surface area contributed by atoms with Crippen LogP contribution in [0.5, 0.6) is 0 Å². The maximum Gasteiger partial charge on any atom is 0.472 e. The molecule has 0 spiro atoms. The van der Waals surface area contributed by atoms with Gasteiger partial charge in [-0.3, -0.25) is 13.8 Å². The number of hydrogen-bond donors (Lipinski definition) is 2. The van der Waals surface area contributed by atoms with E-state index in [0.717, 1.165) is 77.0 Å². The summed E-state index contributed by atoms with van der Waals surface area (Å²) in [4.78, 5) is 22.6. The number of phosphoric acid groups is 1. The molecule has 2 unspecified atom stereocenters. The first-order valence-electron chi connectivity index (χ1n) is 24.4. The van der Waals surface area contributed by atoms with Crippen molar-refractivity contribution in [3.63, 3.8) is 0 Å². The van der Waals surface area contributed by atoms with Gasteiger partial charge in [-0.15, -0.1) is 0 Å². The van der Waals surface area contributed by atoms with Gasteiger partial charge >= 0.3 is 13.8 Å². The van der Waals surface area contributed by atoms with Crippen molar-refractivity contribution in [2.24, 2.45) is 5.73 Å². The summed E-state index contributed by atoms with van der Waals surface area (Å²) in [6.07, 6.45) is 60.7. The van der Waals surface area contributed by atoms with Crippen molar-refractivity contribution in [1.29, 1.82) is 0 Å². The molecular formula is C51H92NO7P. The number of rotatable bonds is 46. The van der Waals surface area contributed by atoms with Crippen LogP contribution in [0.25, 0.3) is 0 Å². The van der Waals surface area contributed by atoms with Gasteiger partial charge in [0.25, 0.3) is 0 Å². The highest BCUT2D eigenvalue weighted by Gasteiger charge is 2.25. The lowest BCUT2D eigenvalue weighted by atomic mass is 10.1. The second kappa shape index (κ2) is 48.0. The third kappa shape index (κ3) is 47.0. The number of carbonyl (C=O) groups excluding carboxylic acids is 1. The zero-order valence-electron chi connectivity index (χ0n) is 38.7. The lowest BCUT2D eigenvalue weighted by molar-refractivity contribution is -0.154. The van der Waals surface area contributed by atoms with Crippen LogP contribution in [0.1, 0.15) is 206 Å². The summed E-state index contributed by atoms with van der Waals surface area (Å²) in [6.45, 7) is 4.78. The van der Waals surface area contributed by atoms with Crippen LogP contribution in [0.3, 0.4) is 0 Å². The van der Waals surface area contributed by atoms with Crippen molar-refractivity contribution in [3.8, 4) is 0 Å². The average Bonchev–Trinajstić information content (AvgIpc) is 3.24. The van der Waals surface area contributed by atoms with E-state index in [0.29, 0.717) is 13.0 Å². The summed E-state index contributed by atoms with van der Waals surface area (Å²) in [6, 6.07) is 0. The molecule has 3 N–H and O–H groups in total. The molecule has 0 bridgehead atoms. The minimum atomic E-state index is -4.29. The molecule has 0 saturated heterocycles. The third-order valence-corrected chi connectivity index (χ3v) is 11.1. The molecule has 0 saturated carbocycles. The molecule has 60 heavy (non-hydrogen) atoms. The first-order chi connectivity index (χ1) is 29.4. The predicted molar refractivity (Wildman–Crippen MR) is 256 cm³/mol. The standard InChI is InChI=1S/C51H92NO7P/c1-3-5-7-9-11-13-15-17-19-21-23-24-25-27-29-31-33-35-37-39-41-43-46-56-48-50(49-58-60(54,55)57-47-45-52)59-51(53)44-42-40-38-36-34-32-30-28-26-22-20-18-16-14-12-10-8-6-4-2/h6,8,12,14-15,17-18,20-21,23,26,28,50H,3-5,7,9-11,13,16,19,22,24-25,27,29-49,52H2,1-2H3,(H,54,55)/b8-6-,14-12-,17-15-,20-18-,23-21-,28-26-. The smallest absolute Gasteiger partial charge is 0.457 e. The summed E-state index contributed by atoms with van der Waals surface area (Å²) < 4.78 is 33.5. The molecule has 348 valence electrons. The van der Waals surface area contributed by atoms with Gasteiger partial charge in [0.2, 0.25) is 0 Å². The van der Waals surface area contributed by atoms with Crippen molar-refractivity contribution in [2.45, 2.75) is 213 Å². The van der Waals surface area contributed by atoms with Gasteiger partial charge in [0.05, 0.1) is 19.8 Å². The van der Waals surface area contributed by atoms with Gasteiger partial charge in [-0.25, -0.2) is 4.57 Å². The maximum absolute atomic E-state index is 12.6. The van der Waals surface area contributed by atoms with E-state index in [9.17, 15) is 14.3 Å². The zero-order chi connectivity index (χ0) is 43.7. The van der Waals surface area contributed by atoms with E-state index in [1.54, 1.807) is 0 Å². The lowest BCUT2D eigenvalue weighted by Crippen LogP contribution is -2.28. The van der Waals surface area contributed by atoms with Crippen LogP contribution in [0.15, 0.2) is 72.9 Å². The van der Waals surface area contributed by atoms with Crippen LogP contribution in [-0.4, -0.2) is 49.9 Å². The first-order valence-corrected chi connectivity index (χ1v) is 25.9. The number of hydrogen-bond acceptors (Lipinski definition) is 7. The lowest BCUT2D eigenvalue weighted by Gasteiger charge is -2.20. The van der Waals surface area contributed by atoms with E-state index in [1.807, 2.05) is 0 Å². The van der Waals surface area contributed by atoms with E-state index in [-0.39, 0.29) is 32.3 Å². The van der Waals surface area contributed by atoms with Crippen molar-refractivity contribution in [3.05, 3.63) is 72.9 Å². The summed E-state index contributed by atoms with van der Waals surface area (Å²) >= 11 is 0. The van der Waals surface area contributed by atoms with Crippen molar-refractivity contribution >= 4 is 13.8 Å². The largest absolute Gasteiger partial charge is 0.472 e. The number of allylic oxidation sites excluding steroid dienone is 12. The minimum absolute atomic E-state index is 0.0940. The number of nitrogens with two attached hydrogens (primary N) is 1. The quantitative estimate of drug-likeness (QED) is 0.0269. The van der Waals surface area contributed by atoms with E-state index < -0.39 is 13.9 Å². The van der Waals surface area contributed by atoms with Crippen molar-refractivity contribution in [2.75, 3.05) is 33.0 Å². The Hall–Kier alpha value is -2.06. The van der Waals surface area contributed by atoms with E-state index in [2.05, 4.69) is 86.8 Å². The summed E-state index contributed by atoms with van der Waals surface area (Å²) in [5, 5.41) is 0. The molecule has 0 aromatic carbocycles. The molecule has 8 nitrogen and oxygen atoms in total. The normalized spacial score (nSPS) is 14.0. The predicted octanol–water partition coefficient (Wildman–Crippen LogP) is 15.1. The first kappa shape index (κ1) is 57.9. The Morgan fingerprint density at radius 3 is 1.40 bits per heavy atom. The molecule has 0 aliphatic heterocycles. The van der Waals surface area contributed by atoms with Crippen molar-refractivity contribution in [1.82, 2.24) is 0 Å². The Labute approximate surface area is 369 Å². The Morgan fingerprint density at radius 2 is 0.933 bits per heavy atom. The van der Waals surface area contributed by atoms with E-state index in [4.69, 9.17) is 24.3 Å². The molecule has 0 rings (SSSR count). The van der Waals surface area contributed by atoms with E-state index in [1.165, 1.54) is 109 Å². The molecule has 0 radical (unpaired) electrons. The molecule has 0 fully saturated rings. The molecule has 0 aliphatic rings. The molecule has 0 amide bonds. The van der Waals surface area contributed by atoms with Crippen LogP contribution in [0.2, 0.25) is 0 Å². The van der Waals surface area contributed by atoms with Gasteiger partial charge in [-0.1, -0.05) is 189 Å². The van der Waals surface area contributed by atoms with Crippen LogP contribution in [-0.2, 0) is 27.9 Å². The van der Waals surface area contributed by atoms with Gasteiger partial charge in [-0.05, 0) is 83.5 Å². The van der Waals surface area contributed by atoms with Gasteiger partial charge in [0.15, 0.2) is 0 Å². The molecule has 0 aliphatic carbocycles. The second-order valence-corrected chi connectivity index (χ2v) is 17.4. The highest BCUT2D eigenvalue weighted by molar-refractivity contribution is 7.47. The van der Waals surface area contributed by atoms with Gasteiger partial charge in [0, 0.05) is 19.6 Å². The minimum Gasteiger partial charge on any atom is -0.457 e. The molecule has 0 aromatic heterocycles. The zero-order valence-corrected chi connectivity index (χ0v) is 39.6. The van der Waals surface area contributed by atoms with Gasteiger partial charge in [-0.2, -0.15) is 0 Å².